The number of methoxy groups -OCH3 is 1. The minimum Gasteiger partial charge on any atom is -0.383 e. The predicted octanol–water partition coefficient (Wildman–Crippen LogP) is 0.742. The third-order valence-corrected chi connectivity index (χ3v) is 2.05. The SMILES string of the molecule is C#CC(C)(C)NC(CCCN)COC. The lowest BCUT2D eigenvalue weighted by Gasteiger charge is -2.27. The molecule has 0 aliphatic carbocycles. The summed E-state index contributed by atoms with van der Waals surface area (Å²) < 4.78 is 5.12. The average molecular weight is 198 g/mol. The van der Waals surface area contributed by atoms with Gasteiger partial charge in [0.05, 0.1) is 12.1 Å². The number of hydrogen-bond acceptors (Lipinski definition) is 3. The van der Waals surface area contributed by atoms with Gasteiger partial charge in [0.1, 0.15) is 0 Å². The second-order valence-electron chi connectivity index (χ2n) is 4.00. The predicted molar refractivity (Wildman–Crippen MR) is 60.0 cm³/mol. The summed E-state index contributed by atoms with van der Waals surface area (Å²) >= 11 is 0. The average Bonchev–Trinajstić information content (AvgIpc) is 2.14. The highest BCUT2D eigenvalue weighted by molar-refractivity contribution is 5.08. The topological polar surface area (TPSA) is 47.3 Å². The van der Waals surface area contributed by atoms with Gasteiger partial charge in [0.2, 0.25) is 0 Å². The Hall–Kier alpha value is -0.560. The lowest BCUT2D eigenvalue weighted by molar-refractivity contribution is 0.152. The van der Waals surface area contributed by atoms with Crippen LogP contribution < -0.4 is 11.1 Å². The molecule has 1 atom stereocenters. The van der Waals surface area contributed by atoms with Crippen LogP contribution in [0, 0.1) is 12.3 Å². The molecule has 0 aromatic carbocycles. The summed E-state index contributed by atoms with van der Waals surface area (Å²) in [4.78, 5) is 0. The Kier molecular flexibility index (Phi) is 6.56. The lowest BCUT2D eigenvalue weighted by Crippen LogP contribution is -2.47. The number of nitrogens with one attached hydrogen (secondary N) is 1. The molecular formula is C11H22N2O. The van der Waals surface area contributed by atoms with Crippen molar-refractivity contribution in [3.8, 4) is 12.3 Å². The van der Waals surface area contributed by atoms with Crippen molar-refractivity contribution in [3.63, 3.8) is 0 Å². The minimum atomic E-state index is -0.280. The van der Waals surface area contributed by atoms with E-state index in [-0.39, 0.29) is 11.6 Å². The van der Waals surface area contributed by atoms with E-state index >= 15 is 0 Å². The van der Waals surface area contributed by atoms with E-state index in [1.54, 1.807) is 7.11 Å². The molecule has 0 rings (SSSR count). The zero-order valence-electron chi connectivity index (χ0n) is 9.47. The van der Waals surface area contributed by atoms with Crippen LogP contribution in [-0.4, -0.2) is 31.8 Å². The van der Waals surface area contributed by atoms with Crippen LogP contribution in [0.5, 0.6) is 0 Å². The molecule has 3 nitrogen and oxygen atoms in total. The second-order valence-corrected chi connectivity index (χ2v) is 4.00. The second kappa shape index (κ2) is 6.83. The van der Waals surface area contributed by atoms with Crippen LogP contribution in [0.2, 0.25) is 0 Å². The molecule has 0 amide bonds. The summed E-state index contributed by atoms with van der Waals surface area (Å²) in [5, 5.41) is 3.36. The molecule has 0 bridgehead atoms. The van der Waals surface area contributed by atoms with Gasteiger partial charge in [-0.3, -0.25) is 5.32 Å². The summed E-state index contributed by atoms with van der Waals surface area (Å²) in [6, 6.07) is 0.287. The monoisotopic (exact) mass is 198 g/mol. The molecule has 0 saturated carbocycles. The van der Waals surface area contributed by atoms with Gasteiger partial charge in [-0.05, 0) is 33.2 Å². The van der Waals surface area contributed by atoms with E-state index in [4.69, 9.17) is 16.9 Å². The summed E-state index contributed by atoms with van der Waals surface area (Å²) in [7, 11) is 1.69. The number of nitrogens with two attached hydrogens (primary N) is 1. The summed E-state index contributed by atoms with van der Waals surface area (Å²) in [6.45, 7) is 5.35. The van der Waals surface area contributed by atoms with Crippen LogP contribution in [0.3, 0.4) is 0 Å². The van der Waals surface area contributed by atoms with Gasteiger partial charge in [-0.2, -0.15) is 0 Å². The fraction of sp³-hybridized carbons (Fsp3) is 0.818. The van der Waals surface area contributed by atoms with Crippen LogP contribution in [-0.2, 0) is 4.74 Å². The normalized spacial score (nSPS) is 13.6. The Labute approximate surface area is 87.4 Å². The van der Waals surface area contributed by atoms with Gasteiger partial charge < -0.3 is 10.5 Å². The van der Waals surface area contributed by atoms with Gasteiger partial charge in [0.25, 0.3) is 0 Å². The van der Waals surface area contributed by atoms with Crippen molar-refractivity contribution >= 4 is 0 Å². The Balaban J connectivity index is 4.02. The van der Waals surface area contributed by atoms with Gasteiger partial charge in [0, 0.05) is 13.2 Å². The molecule has 3 N–H and O–H groups in total. The van der Waals surface area contributed by atoms with Gasteiger partial charge in [0.15, 0.2) is 0 Å². The van der Waals surface area contributed by atoms with Crippen LogP contribution >= 0.6 is 0 Å². The highest BCUT2D eigenvalue weighted by Gasteiger charge is 2.18. The maximum Gasteiger partial charge on any atom is 0.0744 e. The Morgan fingerprint density at radius 2 is 2.21 bits per heavy atom. The van der Waals surface area contributed by atoms with Gasteiger partial charge in [-0.15, -0.1) is 6.42 Å². The van der Waals surface area contributed by atoms with Crippen molar-refractivity contribution in [1.82, 2.24) is 5.32 Å². The molecular weight excluding hydrogens is 176 g/mol. The maximum absolute atomic E-state index is 5.46. The highest BCUT2D eigenvalue weighted by Crippen LogP contribution is 2.05. The van der Waals surface area contributed by atoms with E-state index in [0.717, 1.165) is 12.8 Å². The van der Waals surface area contributed by atoms with E-state index in [0.29, 0.717) is 13.2 Å². The van der Waals surface area contributed by atoms with Crippen molar-refractivity contribution in [2.45, 2.75) is 38.3 Å². The van der Waals surface area contributed by atoms with E-state index in [2.05, 4.69) is 11.2 Å². The van der Waals surface area contributed by atoms with Gasteiger partial charge in [-0.25, -0.2) is 0 Å². The van der Waals surface area contributed by atoms with Crippen LogP contribution in [0.1, 0.15) is 26.7 Å². The third-order valence-electron chi connectivity index (χ3n) is 2.05. The van der Waals surface area contributed by atoms with E-state index in [1.165, 1.54) is 0 Å². The van der Waals surface area contributed by atoms with E-state index in [1.807, 2.05) is 13.8 Å². The molecule has 0 fully saturated rings. The third kappa shape index (κ3) is 5.98. The first-order valence-electron chi connectivity index (χ1n) is 5.00. The molecule has 0 spiro atoms. The molecule has 82 valence electrons. The van der Waals surface area contributed by atoms with Gasteiger partial charge >= 0.3 is 0 Å². The van der Waals surface area contributed by atoms with Crippen LogP contribution in [0.15, 0.2) is 0 Å². The first-order chi connectivity index (χ1) is 6.55. The molecule has 3 heteroatoms. The molecule has 0 radical (unpaired) electrons. The van der Waals surface area contributed by atoms with Crippen molar-refractivity contribution < 1.29 is 4.74 Å². The number of rotatable bonds is 7. The standard InChI is InChI=1S/C11H22N2O/c1-5-11(2,3)13-10(9-14-4)7-6-8-12/h1,10,13H,6-9,12H2,2-4H3. The van der Waals surface area contributed by atoms with Gasteiger partial charge in [-0.1, -0.05) is 5.92 Å². The largest absolute Gasteiger partial charge is 0.383 e. The fourth-order valence-electron chi connectivity index (χ4n) is 1.31. The smallest absolute Gasteiger partial charge is 0.0744 e. The first kappa shape index (κ1) is 13.4. The molecule has 0 heterocycles. The summed E-state index contributed by atoms with van der Waals surface area (Å²) in [6.07, 6.45) is 7.38. The highest BCUT2D eigenvalue weighted by atomic mass is 16.5. The zero-order chi connectivity index (χ0) is 11.0. The quantitative estimate of drug-likeness (QED) is 0.593. The molecule has 14 heavy (non-hydrogen) atoms. The molecule has 0 aromatic rings. The zero-order valence-corrected chi connectivity index (χ0v) is 9.47. The van der Waals surface area contributed by atoms with E-state index in [9.17, 15) is 0 Å². The van der Waals surface area contributed by atoms with Crippen molar-refractivity contribution in [3.05, 3.63) is 0 Å². The molecule has 0 aromatic heterocycles. The molecule has 0 aliphatic heterocycles. The number of ether oxygens (including phenoxy) is 1. The maximum atomic E-state index is 5.46. The van der Waals surface area contributed by atoms with Crippen molar-refractivity contribution in [2.24, 2.45) is 5.73 Å². The summed E-state index contributed by atoms with van der Waals surface area (Å²) in [5.41, 5.74) is 5.18. The molecule has 1 unspecified atom stereocenters. The van der Waals surface area contributed by atoms with Crippen molar-refractivity contribution in [1.29, 1.82) is 0 Å². The number of hydrogen-bond donors (Lipinski definition) is 2. The summed E-state index contributed by atoms with van der Waals surface area (Å²) in [5.74, 6) is 2.71. The Morgan fingerprint density at radius 1 is 1.57 bits per heavy atom. The molecule has 0 saturated heterocycles. The van der Waals surface area contributed by atoms with E-state index < -0.39 is 0 Å². The Morgan fingerprint density at radius 3 is 2.64 bits per heavy atom. The minimum absolute atomic E-state index is 0.280. The fourth-order valence-corrected chi connectivity index (χ4v) is 1.31. The van der Waals surface area contributed by atoms with Crippen LogP contribution in [0.25, 0.3) is 0 Å². The number of terminal acetylenes is 1. The molecule has 0 aliphatic rings. The van der Waals surface area contributed by atoms with Crippen molar-refractivity contribution in [2.75, 3.05) is 20.3 Å². The first-order valence-corrected chi connectivity index (χ1v) is 5.00. The lowest BCUT2D eigenvalue weighted by atomic mass is 10.0. The van der Waals surface area contributed by atoms with Crippen LogP contribution in [0.4, 0.5) is 0 Å². The Bertz CT molecular complexity index is 184.